The van der Waals surface area contributed by atoms with Gasteiger partial charge >= 0.3 is 42.1 Å². The van der Waals surface area contributed by atoms with Crippen LogP contribution in [-0.2, 0) is 27.1 Å². The molecule has 4 N–H and O–H groups in total. The normalized spacial score (nSPS) is 11.4. The summed E-state index contributed by atoms with van der Waals surface area (Å²) in [6.45, 7) is 1.52. The number of carbonyl (C=O) groups excluding carboxylic acids is 2. The third-order valence-electron chi connectivity index (χ3n) is 5.67. The fourth-order valence-corrected chi connectivity index (χ4v) is 5.78. The maximum absolute atomic E-state index is 12.4. The van der Waals surface area contributed by atoms with E-state index in [1.54, 1.807) is 4.72 Å². The summed E-state index contributed by atoms with van der Waals surface area (Å²) in [5.41, 5.74) is -1.50. The summed E-state index contributed by atoms with van der Waals surface area (Å²) in [4.78, 5) is 56.7. The van der Waals surface area contributed by atoms with Crippen molar-refractivity contribution in [2.45, 2.75) is 23.1 Å². The first kappa shape index (κ1) is 39.1. The van der Waals surface area contributed by atoms with Crippen LogP contribution in [0, 0.1) is 6.92 Å². The zero-order valence-electron chi connectivity index (χ0n) is 26.2. The Morgan fingerprint density at radius 3 is 2.02 bits per heavy atom. The van der Waals surface area contributed by atoms with Gasteiger partial charge in [0, 0.05) is 7.05 Å². The third kappa shape index (κ3) is 10.1. The Morgan fingerprint density at radius 1 is 0.863 bits per heavy atom. The number of aromatic carboxylic acids is 1. The first-order chi connectivity index (χ1) is 23.7. The quantitative estimate of drug-likeness (QED) is 0.184. The van der Waals surface area contributed by atoms with Crippen LogP contribution >= 0.6 is 0 Å². The van der Waals surface area contributed by atoms with Gasteiger partial charge in [-0.1, -0.05) is 24.3 Å². The standard InChI is InChI=1S/C13H13N5O6S.C12H11F3N4O6S/c1-7-14-11(17-13(15-7)24-2)16-12(21)18-25(22,23)9-6-4-3-5-8(9)10(19)20;1-18-10(24-2)16-19(11(18)21)9(20)17-26(22,23)8-6-4-3-5-7(8)25-12(13,14)15/h3-6H,1-2H3,(H,19,20)(H2,14,15,16,17,18,21);3-6H,1-2H3,(H,17,20). The molecule has 26 heteroatoms. The highest BCUT2D eigenvalue weighted by Crippen LogP contribution is 2.29. The lowest BCUT2D eigenvalue weighted by Crippen LogP contribution is -2.40. The minimum Gasteiger partial charge on any atom is -0.478 e. The molecule has 2 aromatic heterocycles. The molecule has 2 aromatic carbocycles. The Morgan fingerprint density at radius 2 is 1.45 bits per heavy atom. The Kier molecular flexibility index (Phi) is 11.9. The second kappa shape index (κ2) is 15.5. The van der Waals surface area contributed by atoms with E-state index in [4.69, 9.17) is 14.6 Å². The number of carbonyl (C=O) groups is 3. The molecule has 0 saturated carbocycles. The molecule has 3 amide bonds. The number of amides is 3. The summed E-state index contributed by atoms with van der Waals surface area (Å²) >= 11 is 0. The molecular formula is C25H24F3N9O12S2. The van der Waals surface area contributed by atoms with Gasteiger partial charge < -0.3 is 19.3 Å². The molecule has 0 aliphatic rings. The average Bonchev–Trinajstić information content (AvgIpc) is 3.32. The Hall–Kier alpha value is -6.31. The first-order valence-electron chi connectivity index (χ1n) is 13.2. The van der Waals surface area contributed by atoms with Crippen molar-refractivity contribution >= 4 is 44.0 Å². The lowest BCUT2D eigenvalue weighted by atomic mass is 10.2. The Balaban J connectivity index is 0.000000276. The monoisotopic (exact) mass is 763 g/mol. The minimum absolute atomic E-state index is 0.0677. The van der Waals surface area contributed by atoms with Gasteiger partial charge in [-0.3, -0.25) is 5.32 Å². The van der Waals surface area contributed by atoms with Crippen LogP contribution in [-0.4, -0.2) is 89.9 Å². The van der Waals surface area contributed by atoms with E-state index in [0.29, 0.717) is 0 Å². The van der Waals surface area contributed by atoms with Crippen molar-refractivity contribution in [2.75, 3.05) is 19.5 Å². The SMILES string of the molecule is COc1nc(C)nc(NC(=O)NS(=O)(=O)c2ccccc2C(=O)O)n1.COc1nn(C(=O)NS(=O)(=O)c2ccccc2OC(F)(F)F)c(=O)n1C. The van der Waals surface area contributed by atoms with Crippen LogP contribution in [0.3, 0.4) is 0 Å². The summed E-state index contributed by atoms with van der Waals surface area (Å²) in [5, 5.41) is 14.6. The Labute approximate surface area is 284 Å². The van der Waals surface area contributed by atoms with E-state index in [-0.39, 0.29) is 28.5 Å². The predicted octanol–water partition coefficient (Wildman–Crippen LogP) is 0.833. The molecule has 0 fully saturated rings. The highest BCUT2D eigenvalue weighted by molar-refractivity contribution is 7.90. The summed E-state index contributed by atoms with van der Waals surface area (Å²) in [5.74, 6) is -2.49. The van der Waals surface area contributed by atoms with E-state index in [1.165, 1.54) is 37.9 Å². The molecule has 0 aliphatic carbocycles. The topological polar surface area (TPSA) is 282 Å². The zero-order chi connectivity index (χ0) is 38.3. The molecule has 21 nitrogen and oxygen atoms in total. The van der Waals surface area contributed by atoms with Crippen LogP contribution < -0.4 is 34.7 Å². The molecule has 0 bridgehead atoms. The van der Waals surface area contributed by atoms with E-state index in [0.717, 1.165) is 48.1 Å². The summed E-state index contributed by atoms with van der Waals surface area (Å²) in [6.07, 6.45) is -5.15. The van der Waals surface area contributed by atoms with Crippen LogP contribution in [0.2, 0.25) is 0 Å². The van der Waals surface area contributed by atoms with Gasteiger partial charge in [0.1, 0.15) is 21.4 Å². The van der Waals surface area contributed by atoms with Gasteiger partial charge in [-0.2, -0.15) is 15.0 Å². The molecule has 4 aromatic rings. The van der Waals surface area contributed by atoms with E-state index in [2.05, 4.69) is 30.1 Å². The number of benzene rings is 2. The number of halogens is 3. The number of sulfonamides is 2. The molecule has 2 heterocycles. The van der Waals surface area contributed by atoms with Crippen molar-refractivity contribution < 1.29 is 63.7 Å². The van der Waals surface area contributed by atoms with Crippen molar-refractivity contribution in [3.63, 3.8) is 0 Å². The number of carboxylic acid groups (broad SMARTS) is 1. The fraction of sp³-hybridized carbons (Fsp3) is 0.200. The van der Waals surface area contributed by atoms with Crippen LogP contribution in [0.5, 0.6) is 17.8 Å². The number of urea groups is 1. The molecule has 0 unspecified atom stereocenters. The van der Waals surface area contributed by atoms with Crippen LogP contribution in [0.25, 0.3) is 0 Å². The number of alkyl halides is 3. The maximum atomic E-state index is 12.4. The number of rotatable bonds is 9. The van der Waals surface area contributed by atoms with Crippen molar-refractivity contribution in [1.82, 2.24) is 38.7 Å². The van der Waals surface area contributed by atoms with E-state index in [9.17, 15) is 49.2 Å². The number of methoxy groups -OCH3 is 2. The van der Waals surface area contributed by atoms with E-state index < -0.39 is 71.2 Å². The summed E-state index contributed by atoms with van der Waals surface area (Å²) in [6, 6.07) is 5.59. The van der Waals surface area contributed by atoms with Gasteiger partial charge in [0.15, 0.2) is 0 Å². The molecule has 0 saturated heterocycles. The smallest absolute Gasteiger partial charge is 0.478 e. The van der Waals surface area contributed by atoms with Crippen LogP contribution in [0.1, 0.15) is 16.2 Å². The second-order valence-electron chi connectivity index (χ2n) is 9.20. The fourth-order valence-electron chi connectivity index (χ4n) is 3.61. The molecule has 4 rings (SSSR count). The molecule has 51 heavy (non-hydrogen) atoms. The largest absolute Gasteiger partial charge is 0.573 e. The van der Waals surface area contributed by atoms with Gasteiger partial charge in [-0.05, 0) is 31.2 Å². The van der Waals surface area contributed by atoms with E-state index >= 15 is 0 Å². The minimum atomic E-state index is -5.15. The average molecular weight is 764 g/mol. The number of nitrogens with one attached hydrogen (secondary N) is 3. The van der Waals surface area contributed by atoms with Gasteiger partial charge in [-0.15, -0.1) is 23.0 Å². The summed E-state index contributed by atoms with van der Waals surface area (Å²) in [7, 11) is -5.56. The summed E-state index contributed by atoms with van der Waals surface area (Å²) < 4.78 is 103. The number of nitrogens with zero attached hydrogens (tertiary/aromatic N) is 6. The van der Waals surface area contributed by atoms with E-state index in [1.807, 2.05) is 0 Å². The number of aryl methyl sites for hydroxylation is 1. The number of anilines is 1. The lowest BCUT2D eigenvalue weighted by molar-refractivity contribution is -0.275. The molecular weight excluding hydrogens is 739 g/mol. The van der Waals surface area contributed by atoms with Crippen molar-refractivity contribution in [1.29, 1.82) is 0 Å². The lowest BCUT2D eigenvalue weighted by Gasteiger charge is -2.13. The third-order valence-corrected chi connectivity index (χ3v) is 8.42. The molecule has 274 valence electrons. The number of hydrogen-bond acceptors (Lipinski definition) is 15. The molecule has 0 atom stereocenters. The molecule has 0 radical (unpaired) electrons. The van der Waals surface area contributed by atoms with Crippen LogP contribution in [0.15, 0.2) is 63.1 Å². The Bertz CT molecular complexity index is 2240. The molecule has 0 spiro atoms. The number of aromatic nitrogens is 6. The number of para-hydroxylation sites is 1. The number of carboxylic acids is 1. The maximum Gasteiger partial charge on any atom is 0.573 e. The van der Waals surface area contributed by atoms with Gasteiger partial charge in [0.2, 0.25) is 5.95 Å². The molecule has 0 aliphatic heterocycles. The van der Waals surface area contributed by atoms with Crippen molar-refractivity contribution in [2.24, 2.45) is 7.05 Å². The van der Waals surface area contributed by atoms with Gasteiger partial charge in [0.25, 0.3) is 20.0 Å². The predicted molar refractivity (Wildman–Crippen MR) is 162 cm³/mol. The first-order valence-corrected chi connectivity index (χ1v) is 16.2. The number of ether oxygens (including phenoxy) is 3. The number of hydrogen-bond donors (Lipinski definition) is 4. The highest BCUT2D eigenvalue weighted by atomic mass is 32.2. The van der Waals surface area contributed by atoms with Crippen LogP contribution in [0.4, 0.5) is 28.7 Å². The van der Waals surface area contributed by atoms with Gasteiger partial charge in [-0.25, -0.2) is 50.0 Å². The second-order valence-corrected chi connectivity index (χ2v) is 12.5. The van der Waals surface area contributed by atoms with Gasteiger partial charge in [0.05, 0.1) is 19.8 Å². The van der Waals surface area contributed by atoms with Crippen molar-refractivity contribution in [3.05, 3.63) is 70.4 Å². The highest BCUT2D eigenvalue weighted by Gasteiger charge is 2.35. The zero-order valence-corrected chi connectivity index (χ0v) is 27.8. The van der Waals surface area contributed by atoms with Crippen molar-refractivity contribution in [3.8, 4) is 17.8 Å².